The van der Waals surface area contributed by atoms with Crippen LogP contribution < -0.4 is 16.0 Å². The van der Waals surface area contributed by atoms with E-state index in [0.29, 0.717) is 6.07 Å². The number of aromatic amines is 1. The van der Waals surface area contributed by atoms with Crippen molar-refractivity contribution in [3.63, 3.8) is 0 Å². The van der Waals surface area contributed by atoms with Gasteiger partial charge in [0.1, 0.15) is 28.8 Å². The lowest BCUT2D eigenvalue weighted by atomic mass is 10.0. The van der Waals surface area contributed by atoms with Crippen molar-refractivity contribution in [3.05, 3.63) is 69.4 Å². The number of rotatable bonds is 6. The van der Waals surface area contributed by atoms with E-state index in [1.165, 1.54) is 23.2 Å². The molecule has 0 aliphatic carbocycles. The normalized spacial score (nSPS) is 15.9. The molecule has 4 rings (SSSR count). The number of halogens is 4. The Morgan fingerprint density at radius 2 is 2.03 bits per heavy atom. The highest BCUT2D eigenvalue weighted by Crippen LogP contribution is 2.48. The molecule has 0 spiro atoms. The molecule has 32 heavy (non-hydrogen) atoms. The number of hydrogen-bond acceptors (Lipinski definition) is 6. The molecule has 0 fully saturated rings. The highest BCUT2D eigenvalue weighted by atomic mass is 35.5. The van der Waals surface area contributed by atoms with Crippen LogP contribution in [0.4, 0.5) is 20.3 Å². The number of benzene rings is 1. The molecule has 5 N–H and O–H groups in total. The van der Waals surface area contributed by atoms with Crippen molar-refractivity contribution in [2.75, 3.05) is 10.2 Å². The zero-order chi connectivity index (χ0) is 23.2. The van der Waals surface area contributed by atoms with Crippen molar-refractivity contribution in [3.8, 4) is 0 Å². The number of aromatic nitrogens is 3. The third kappa shape index (κ3) is 3.80. The Hall–Kier alpha value is -3.44. The summed E-state index contributed by atoms with van der Waals surface area (Å²) in [5.74, 6) is -3.55. The number of pyridine rings is 1. The van der Waals surface area contributed by atoms with Crippen molar-refractivity contribution in [2.45, 2.75) is 18.6 Å². The lowest BCUT2D eigenvalue weighted by Crippen LogP contribution is -2.36. The quantitative estimate of drug-likeness (QED) is 0.420. The number of primary amides is 1. The predicted octanol–water partition coefficient (Wildman–Crippen LogP) is 3.64. The second kappa shape index (κ2) is 8.24. The summed E-state index contributed by atoms with van der Waals surface area (Å²) in [6, 6.07) is 3.14. The average molecular weight is 483 g/mol. The topological polar surface area (TPSA) is 137 Å². The van der Waals surface area contributed by atoms with Crippen LogP contribution >= 0.6 is 23.2 Å². The van der Waals surface area contributed by atoms with Gasteiger partial charge in [0.05, 0.1) is 23.7 Å². The maximum Gasteiger partial charge on any atom is 0.338 e. The Morgan fingerprint density at radius 3 is 2.62 bits per heavy atom. The first-order valence-corrected chi connectivity index (χ1v) is 9.84. The van der Waals surface area contributed by atoms with Crippen LogP contribution in [-0.2, 0) is 4.79 Å². The zero-order valence-electron chi connectivity index (χ0n) is 15.9. The van der Waals surface area contributed by atoms with Gasteiger partial charge in [-0.2, -0.15) is 0 Å². The van der Waals surface area contributed by atoms with E-state index in [9.17, 15) is 23.5 Å². The summed E-state index contributed by atoms with van der Waals surface area (Å²) in [6.07, 6.45) is -0.194. The van der Waals surface area contributed by atoms with Gasteiger partial charge in [0.15, 0.2) is 11.0 Å². The summed E-state index contributed by atoms with van der Waals surface area (Å²) in [5.41, 5.74) is 5.30. The largest absolute Gasteiger partial charge is 0.478 e. The number of nitrogens with one attached hydrogen (secondary N) is 2. The minimum Gasteiger partial charge on any atom is -0.478 e. The molecule has 0 saturated carbocycles. The van der Waals surface area contributed by atoms with Crippen molar-refractivity contribution in [1.29, 1.82) is 0 Å². The van der Waals surface area contributed by atoms with Gasteiger partial charge in [-0.05, 0) is 18.2 Å². The zero-order valence-corrected chi connectivity index (χ0v) is 17.5. The lowest BCUT2D eigenvalue weighted by molar-refractivity contribution is -0.118. The van der Waals surface area contributed by atoms with Crippen LogP contribution in [0.2, 0.25) is 10.3 Å². The Kier molecular flexibility index (Phi) is 5.61. The fraction of sp³-hybridized carbons (Fsp3) is 0.158. The van der Waals surface area contributed by atoms with Crippen molar-refractivity contribution in [2.24, 2.45) is 5.73 Å². The van der Waals surface area contributed by atoms with Gasteiger partial charge in [-0.1, -0.05) is 23.2 Å². The molecule has 9 nitrogen and oxygen atoms in total. The first kappa shape index (κ1) is 21.8. The summed E-state index contributed by atoms with van der Waals surface area (Å²) < 4.78 is 28.3. The van der Waals surface area contributed by atoms with E-state index < -0.39 is 35.7 Å². The monoisotopic (exact) mass is 482 g/mol. The van der Waals surface area contributed by atoms with E-state index in [4.69, 9.17) is 28.9 Å². The van der Waals surface area contributed by atoms with Crippen LogP contribution in [-0.4, -0.2) is 31.9 Å². The molecule has 1 amide bonds. The molecule has 2 atom stereocenters. The molecule has 1 aliphatic rings. The first-order valence-electron chi connectivity index (χ1n) is 9.08. The number of carboxylic acid groups (broad SMARTS) is 1. The number of H-pyrrole nitrogens is 1. The SMILES string of the molecule is NC(=O)CC(c1nc(Cl)c(Cl)[nH]1)N1c2c(C(=O)O)ccnc2NC1c1ccc(F)cc1F. The van der Waals surface area contributed by atoms with E-state index in [1.54, 1.807) is 0 Å². The molecule has 1 aromatic carbocycles. The Bertz CT molecular complexity index is 1220. The van der Waals surface area contributed by atoms with Crippen molar-refractivity contribution < 1.29 is 23.5 Å². The van der Waals surface area contributed by atoms with E-state index in [1.807, 2.05) is 0 Å². The van der Waals surface area contributed by atoms with Gasteiger partial charge in [-0.3, -0.25) is 4.79 Å². The number of amides is 1. The smallest absolute Gasteiger partial charge is 0.338 e. The number of nitrogens with zero attached hydrogens (tertiary/aromatic N) is 3. The van der Waals surface area contributed by atoms with E-state index >= 15 is 0 Å². The molecule has 0 bridgehead atoms. The van der Waals surface area contributed by atoms with Crippen LogP contribution in [0.5, 0.6) is 0 Å². The van der Waals surface area contributed by atoms with E-state index in [0.717, 1.165) is 6.07 Å². The molecular weight excluding hydrogens is 469 g/mol. The number of nitrogens with two attached hydrogens (primary N) is 1. The summed E-state index contributed by atoms with van der Waals surface area (Å²) in [4.78, 5) is 36.2. The number of carbonyl (C=O) groups is 2. The predicted molar refractivity (Wildman–Crippen MR) is 112 cm³/mol. The highest BCUT2D eigenvalue weighted by molar-refractivity contribution is 6.40. The fourth-order valence-electron chi connectivity index (χ4n) is 3.63. The van der Waals surface area contributed by atoms with Gasteiger partial charge in [-0.15, -0.1) is 0 Å². The minimum absolute atomic E-state index is 0.0160. The third-order valence-corrected chi connectivity index (χ3v) is 5.55. The van der Waals surface area contributed by atoms with Gasteiger partial charge in [0.25, 0.3) is 0 Å². The Labute approximate surface area is 189 Å². The maximum atomic E-state index is 14.8. The molecule has 2 unspecified atom stereocenters. The lowest BCUT2D eigenvalue weighted by Gasteiger charge is -2.34. The first-order chi connectivity index (χ1) is 15.2. The summed E-state index contributed by atoms with van der Waals surface area (Å²) in [6.45, 7) is 0. The maximum absolute atomic E-state index is 14.8. The summed E-state index contributed by atoms with van der Waals surface area (Å²) >= 11 is 11.9. The third-order valence-electron chi connectivity index (χ3n) is 4.91. The second-order valence-electron chi connectivity index (χ2n) is 6.89. The molecule has 1 aliphatic heterocycles. The average Bonchev–Trinajstić information content (AvgIpc) is 3.25. The summed E-state index contributed by atoms with van der Waals surface area (Å²) in [5, 5.41) is 12.6. The number of aromatic carboxylic acids is 1. The van der Waals surface area contributed by atoms with Gasteiger partial charge in [0, 0.05) is 17.8 Å². The van der Waals surface area contributed by atoms with Crippen LogP contribution in [0.15, 0.2) is 30.5 Å². The number of anilines is 2. The molecule has 3 heterocycles. The standard InChI is InChI=1S/C19H14Cl2F2N6O3/c20-14-15(21)27-16(26-14)11(6-12(24)30)29-13-9(19(31)32)3-4-25-17(13)28-18(29)8-2-1-7(22)5-10(8)23/h1-5,11,18H,6H2,(H2,24,30)(H,25,28)(H,26,27)(H,31,32). The van der Waals surface area contributed by atoms with E-state index in [2.05, 4.69) is 20.3 Å². The molecule has 166 valence electrons. The number of carboxylic acids is 1. The number of hydrogen-bond donors (Lipinski definition) is 4. The molecule has 0 saturated heterocycles. The molecule has 2 aromatic heterocycles. The van der Waals surface area contributed by atoms with Gasteiger partial charge >= 0.3 is 5.97 Å². The Morgan fingerprint density at radius 1 is 1.28 bits per heavy atom. The molecule has 0 radical (unpaired) electrons. The van der Waals surface area contributed by atoms with Crippen LogP contribution in [0.3, 0.4) is 0 Å². The van der Waals surface area contributed by atoms with Gasteiger partial charge < -0.3 is 26.0 Å². The molecular formula is C19H14Cl2F2N6O3. The van der Waals surface area contributed by atoms with Crippen molar-refractivity contribution >= 4 is 46.6 Å². The second-order valence-corrected chi connectivity index (χ2v) is 7.63. The van der Waals surface area contributed by atoms with E-state index in [-0.39, 0.29) is 45.2 Å². The number of fused-ring (bicyclic) bond motifs is 1. The van der Waals surface area contributed by atoms with Gasteiger partial charge in [-0.25, -0.2) is 23.5 Å². The minimum atomic E-state index is -1.29. The van der Waals surface area contributed by atoms with Crippen molar-refractivity contribution in [1.82, 2.24) is 15.0 Å². The van der Waals surface area contributed by atoms with Crippen LogP contribution in [0.1, 0.15) is 40.4 Å². The number of imidazole rings is 1. The fourth-order valence-corrected chi connectivity index (χ4v) is 3.91. The molecule has 3 aromatic rings. The van der Waals surface area contributed by atoms with Crippen LogP contribution in [0.25, 0.3) is 0 Å². The highest BCUT2D eigenvalue weighted by Gasteiger charge is 2.42. The molecule has 13 heteroatoms. The summed E-state index contributed by atoms with van der Waals surface area (Å²) in [7, 11) is 0. The van der Waals surface area contributed by atoms with Crippen LogP contribution in [0, 0.1) is 11.6 Å². The number of carbonyl (C=O) groups excluding carboxylic acids is 1. The van der Waals surface area contributed by atoms with Gasteiger partial charge in [0.2, 0.25) is 5.91 Å². The Balaban J connectivity index is 1.96.